The highest BCUT2D eigenvalue weighted by molar-refractivity contribution is 5.95. The first-order chi connectivity index (χ1) is 11.6. The maximum atomic E-state index is 12.6. The summed E-state index contributed by atoms with van der Waals surface area (Å²) in [5.41, 5.74) is 0.473. The van der Waals surface area contributed by atoms with Crippen LogP contribution in [0, 0.1) is 5.92 Å². The van der Waals surface area contributed by atoms with Gasteiger partial charge in [-0.05, 0) is 31.4 Å². The van der Waals surface area contributed by atoms with E-state index in [0.29, 0.717) is 19.6 Å². The van der Waals surface area contributed by atoms with Crippen LogP contribution in [0.3, 0.4) is 0 Å². The van der Waals surface area contributed by atoms with Gasteiger partial charge in [-0.15, -0.1) is 0 Å². The molecule has 1 unspecified atom stereocenters. The van der Waals surface area contributed by atoms with Crippen LogP contribution in [0.5, 0.6) is 0 Å². The maximum Gasteiger partial charge on any atom is 0.253 e. The Bertz CT molecular complexity index is 600. The summed E-state index contributed by atoms with van der Waals surface area (Å²) in [5, 5.41) is 0. The second kappa shape index (κ2) is 6.93. The van der Waals surface area contributed by atoms with Crippen molar-refractivity contribution in [1.29, 1.82) is 0 Å². The molecule has 0 radical (unpaired) electrons. The van der Waals surface area contributed by atoms with Crippen LogP contribution in [0.4, 0.5) is 5.69 Å². The Kier molecular flexibility index (Phi) is 4.90. The number of anilines is 1. The van der Waals surface area contributed by atoms with Crippen molar-refractivity contribution < 1.29 is 14.3 Å². The topological polar surface area (TPSA) is 49.9 Å². The Balaban J connectivity index is 1.73. The summed E-state index contributed by atoms with van der Waals surface area (Å²) < 4.78 is 5.93. The molecule has 0 saturated carbocycles. The minimum atomic E-state index is -0.425. The van der Waals surface area contributed by atoms with Crippen molar-refractivity contribution in [1.82, 2.24) is 4.90 Å². The minimum absolute atomic E-state index is 0.0170. The number of benzene rings is 1. The molecule has 24 heavy (non-hydrogen) atoms. The molecule has 2 saturated heterocycles. The predicted molar refractivity (Wildman–Crippen MR) is 92.7 cm³/mol. The monoisotopic (exact) mass is 330 g/mol. The average Bonchev–Trinajstić information content (AvgIpc) is 3.03. The van der Waals surface area contributed by atoms with Gasteiger partial charge in [-0.1, -0.05) is 32.0 Å². The van der Waals surface area contributed by atoms with E-state index in [1.54, 1.807) is 4.90 Å². The zero-order chi connectivity index (χ0) is 17.2. The fraction of sp³-hybridized carbons (Fsp3) is 0.579. The molecule has 3 rings (SSSR count). The molecule has 2 fully saturated rings. The van der Waals surface area contributed by atoms with Crippen LogP contribution in [0.25, 0.3) is 0 Å². The Labute approximate surface area is 143 Å². The molecule has 5 heteroatoms. The van der Waals surface area contributed by atoms with E-state index in [0.717, 1.165) is 24.9 Å². The molecular formula is C19H26N2O3. The summed E-state index contributed by atoms with van der Waals surface area (Å²) in [6, 6.07) is 9.69. The number of likely N-dealkylation sites (tertiary alicyclic amines) is 1. The highest BCUT2D eigenvalue weighted by Gasteiger charge is 2.47. The molecule has 0 N–H and O–H groups in total. The Morgan fingerprint density at radius 1 is 1.21 bits per heavy atom. The molecule has 2 heterocycles. The number of carbonyl (C=O) groups excluding carboxylic acids is 2. The van der Waals surface area contributed by atoms with Crippen LogP contribution in [-0.2, 0) is 14.3 Å². The lowest BCUT2D eigenvalue weighted by Gasteiger charge is -2.40. The van der Waals surface area contributed by atoms with Crippen LogP contribution >= 0.6 is 0 Å². The van der Waals surface area contributed by atoms with E-state index in [1.165, 1.54) is 0 Å². The number of ether oxygens (including phenoxy) is 1. The minimum Gasteiger partial charge on any atom is -0.361 e. The van der Waals surface area contributed by atoms with Crippen molar-refractivity contribution >= 4 is 17.5 Å². The quantitative estimate of drug-likeness (QED) is 0.852. The van der Waals surface area contributed by atoms with E-state index >= 15 is 0 Å². The van der Waals surface area contributed by atoms with Gasteiger partial charge in [-0.2, -0.15) is 0 Å². The molecule has 2 amide bonds. The van der Waals surface area contributed by atoms with Crippen LogP contribution in [-0.4, -0.2) is 48.6 Å². The summed E-state index contributed by atoms with van der Waals surface area (Å²) in [5.74, 6) is 0.302. The lowest BCUT2D eigenvalue weighted by atomic mass is 9.99. The van der Waals surface area contributed by atoms with E-state index in [-0.39, 0.29) is 24.3 Å². The van der Waals surface area contributed by atoms with E-state index in [9.17, 15) is 9.59 Å². The van der Waals surface area contributed by atoms with Crippen molar-refractivity contribution in [2.45, 2.75) is 38.7 Å². The van der Waals surface area contributed by atoms with Crippen molar-refractivity contribution in [3.63, 3.8) is 0 Å². The fourth-order valence-electron chi connectivity index (χ4n) is 3.73. The van der Waals surface area contributed by atoms with Gasteiger partial charge >= 0.3 is 0 Å². The molecule has 1 spiro atoms. The molecular weight excluding hydrogens is 304 g/mol. The lowest BCUT2D eigenvalue weighted by molar-refractivity contribution is -0.141. The Hall–Kier alpha value is -1.88. The highest BCUT2D eigenvalue weighted by atomic mass is 16.5. The maximum absolute atomic E-state index is 12.6. The number of morpholine rings is 1. The summed E-state index contributed by atoms with van der Waals surface area (Å²) >= 11 is 0. The number of para-hydroxylation sites is 1. The van der Waals surface area contributed by atoms with Gasteiger partial charge in [0.05, 0.1) is 13.1 Å². The molecule has 0 bridgehead atoms. The molecule has 2 aliphatic rings. The molecule has 0 aromatic heterocycles. The van der Waals surface area contributed by atoms with Crippen LogP contribution in [0.2, 0.25) is 0 Å². The fourth-order valence-corrected chi connectivity index (χ4v) is 3.73. The molecule has 1 atom stereocenters. The average molecular weight is 330 g/mol. The van der Waals surface area contributed by atoms with Crippen LogP contribution in [0.15, 0.2) is 30.3 Å². The van der Waals surface area contributed by atoms with E-state index in [2.05, 4.69) is 13.8 Å². The van der Waals surface area contributed by atoms with Crippen LogP contribution in [0.1, 0.15) is 33.1 Å². The van der Waals surface area contributed by atoms with Gasteiger partial charge in [0, 0.05) is 18.2 Å². The molecule has 1 aromatic rings. The van der Waals surface area contributed by atoms with Gasteiger partial charge in [0.25, 0.3) is 5.91 Å². The molecule has 130 valence electrons. The molecule has 2 aliphatic heterocycles. The largest absolute Gasteiger partial charge is 0.361 e. The summed E-state index contributed by atoms with van der Waals surface area (Å²) in [7, 11) is 0. The van der Waals surface area contributed by atoms with E-state index < -0.39 is 5.60 Å². The van der Waals surface area contributed by atoms with E-state index in [1.807, 2.05) is 35.2 Å². The number of amides is 2. The first-order valence-corrected chi connectivity index (χ1v) is 8.86. The van der Waals surface area contributed by atoms with Gasteiger partial charge in [0.1, 0.15) is 12.2 Å². The zero-order valence-electron chi connectivity index (χ0n) is 14.5. The number of nitrogens with zero attached hydrogens (tertiary/aromatic N) is 2. The molecule has 5 nitrogen and oxygen atoms in total. The summed E-state index contributed by atoms with van der Waals surface area (Å²) in [4.78, 5) is 28.6. The number of carbonyl (C=O) groups is 2. The zero-order valence-corrected chi connectivity index (χ0v) is 14.5. The SMILES string of the molecule is CCC(CC)C(=O)N1CCC2(C1)CN(c1ccccc1)C(=O)CO2. The highest BCUT2D eigenvalue weighted by Crippen LogP contribution is 2.33. The molecule has 0 aliphatic carbocycles. The lowest BCUT2D eigenvalue weighted by Crippen LogP contribution is -2.56. The number of rotatable bonds is 4. The second-order valence-electron chi connectivity index (χ2n) is 6.81. The number of hydrogen-bond acceptors (Lipinski definition) is 3. The van der Waals surface area contributed by atoms with Gasteiger partial charge in [-0.3, -0.25) is 9.59 Å². The van der Waals surface area contributed by atoms with Gasteiger partial charge in [0.15, 0.2) is 0 Å². The smallest absolute Gasteiger partial charge is 0.253 e. The first kappa shape index (κ1) is 17.0. The third-order valence-electron chi connectivity index (χ3n) is 5.28. The molecule has 1 aromatic carbocycles. The Morgan fingerprint density at radius 2 is 1.92 bits per heavy atom. The van der Waals surface area contributed by atoms with Gasteiger partial charge in [0.2, 0.25) is 5.91 Å². The van der Waals surface area contributed by atoms with Crippen molar-refractivity contribution in [3.8, 4) is 0 Å². The third-order valence-corrected chi connectivity index (χ3v) is 5.28. The standard InChI is InChI=1S/C19H26N2O3/c1-3-15(4-2)18(23)20-11-10-19(13-20)14-21(17(22)12-24-19)16-8-6-5-7-9-16/h5-9,15H,3-4,10-14H2,1-2H3. The first-order valence-electron chi connectivity index (χ1n) is 8.86. The summed E-state index contributed by atoms with van der Waals surface area (Å²) in [6.45, 7) is 6.02. The second-order valence-corrected chi connectivity index (χ2v) is 6.81. The van der Waals surface area contributed by atoms with Crippen molar-refractivity contribution in [3.05, 3.63) is 30.3 Å². The Morgan fingerprint density at radius 3 is 2.58 bits per heavy atom. The van der Waals surface area contributed by atoms with Crippen LogP contribution < -0.4 is 4.90 Å². The van der Waals surface area contributed by atoms with E-state index in [4.69, 9.17) is 4.74 Å². The number of hydrogen-bond donors (Lipinski definition) is 0. The normalized spacial score (nSPS) is 24.2. The van der Waals surface area contributed by atoms with Crippen molar-refractivity contribution in [2.24, 2.45) is 5.92 Å². The van der Waals surface area contributed by atoms with Gasteiger partial charge < -0.3 is 14.5 Å². The predicted octanol–water partition coefficient (Wildman–Crippen LogP) is 2.46. The third kappa shape index (κ3) is 3.18. The van der Waals surface area contributed by atoms with Gasteiger partial charge in [-0.25, -0.2) is 0 Å². The summed E-state index contributed by atoms with van der Waals surface area (Å²) in [6.07, 6.45) is 2.53. The van der Waals surface area contributed by atoms with Crippen molar-refractivity contribution in [2.75, 3.05) is 31.1 Å².